The molecule has 0 amide bonds. The first-order chi connectivity index (χ1) is 8.11. The molecule has 0 heterocycles. The Labute approximate surface area is 105 Å². The van der Waals surface area contributed by atoms with E-state index in [0.29, 0.717) is 0 Å². The van der Waals surface area contributed by atoms with E-state index in [0.717, 1.165) is 13.2 Å². The van der Waals surface area contributed by atoms with Gasteiger partial charge in [-0.2, -0.15) is 0 Å². The number of carbonyl (C=O) groups excluding carboxylic acids is 2. The van der Waals surface area contributed by atoms with Gasteiger partial charge in [-0.15, -0.1) is 6.58 Å². The van der Waals surface area contributed by atoms with Crippen molar-refractivity contribution in [2.45, 2.75) is 39.2 Å². The third-order valence-corrected chi connectivity index (χ3v) is 2.15. The highest BCUT2D eigenvalue weighted by Crippen LogP contribution is 2.35. The number of hydrogen-bond acceptors (Lipinski definition) is 4. The van der Waals surface area contributed by atoms with E-state index in [1.54, 1.807) is 0 Å². The Morgan fingerprint density at radius 1 is 1.28 bits per heavy atom. The molecule has 0 aliphatic rings. The Kier molecular flexibility index (Phi) is 5.45. The summed E-state index contributed by atoms with van der Waals surface area (Å²) in [5, 5.41) is 0. The molecule has 1 atom stereocenters. The SMILES string of the molecule is C=CCC(C(=O)OC)(C(=O)OC(C)(C)C)C(F)F. The molecule has 0 aromatic carbocycles. The summed E-state index contributed by atoms with van der Waals surface area (Å²) >= 11 is 0. The fourth-order valence-electron chi connectivity index (χ4n) is 1.30. The lowest BCUT2D eigenvalue weighted by molar-refractivity contribution is -0.189. The monoisotopic (exact) mass is 264 g/mol. The topological polar surface area (TPSA) is 52.6 Å². The standard InChI is InChI=1S/C12H18F2O4/c1-6-7-12(8(13)14,9(15)17-5)10(16)18-11(2,3)4/h6,8H,1,7H2,2-5H3. The van der Waals surface area contributed by atoms with Crippen LogP contribution in [0.15, 0.2) is 12.7 Å². The van der Waals surface area contributed by atoms with Crippen molar-refractivity contribution in [3.63, 3.8) is 0 Å². The summed E-state index contributed by atoms with van der Waals surface area (Å²) in [5.74, 6) is -2.64. The molecule has 0 aromatic rings. The van der Waals surface area contributed by atoms with Crippen LogP contribution in [0.3, 0.4) is 0 Å². The van der Waals surface area contributed by atoms with Gasteiger partial charge in [0.1, 0.15) is 5.60 Å². The first-order valence-corrected chi connectivity index (χ1v) is 5.32. The minimum Gasteiger partial charge on any atom is -0.468 e. The second-order valence-electron chi connectivity index (χ2n) is 4.76. The van der Waals surface area contributed by atoms with E-state index in [9.17, 15) is 18.4 Å². The lowest BCUT2D eigenvalue weighted by Gasteiger charge is -2.30. The van der Waals surface area contributed by atoms with E-state index < -0.39 is 35.8 Å². The number of ether oxygens (including phenoxy) is 2. The maximum absolute atomic E-state index is 13.2. The Morgan fingerprint density at radius 3 is 2.06 bits per heavy atom. The smallest absolute Gasteiger partial charge is 0.330 e. The summed E-state index contributed by atoms with van der Waals surface area (Å²) in [4.78, 5) is 23.4. The van der Waals surface area contributed by atoms with E-state index in [1.165, 1.54) is 20.8 Å². The molecule has 0 bridgehead atoms. The minimum atomic E-state index is -3.24. The van der Waals surface area contributed by atoms with Crippen LogP contribution in [-0.4, -0.2) is 31.1 Å². The molecule has 0 spiro atoms. The molecular formula is C12H18F2O4. The van der Waals surface area contributed by atoms with Gasteiger partial charge in [0.15, 0.2) is 0 Å². The molecule has 4 nitrogen and oxygen atoms in total. The van der Waals surface area contributed by atoms with Gasteiger partial charge in [0, 0.05) is 0 Å². The Hall–Kier alpha value is -1.46. The maximum atomic E-state index is 13.2. The van der Waals surface area contributed by atoms with Gasteiger partial charge in [-0.25, -0.2) is 8.78 Å². The van der Waals surface area contributed by atoms with Crippen molar-refractivity contribution >= 4 is 11.9 Å². The van der Waals surface area contributed by atoms with Gasteiger partial charge in [0.2, 0.25) is 5.41 Å². The summed E-state index contributed by atoms with van der Waals surface area (Å²) in [7, 11) is 0.937. The van der Waals surface area contributed by atoms with Gasteiger partial charge in [0.05, 0.1) is 7.11 Å². The van der Waals surface area contributed by atoms with Crippen molar-refractivity contribution < 1.29 is 27.8 Å². The number of carbonyl (C=O) groups is 2. The van der Waals surface area contributed by atoms with Crippen molar-refractivity contribution in [1.29, 1.82) is 0 Å². The number of halogens is 2. The molecule has 104 valence electrons. The van der Waals surface area contributed by atoms with Gasteiger partial charge in [-0.05, 0) is 27.2 Å². The van der Waals surface area contributed by atoms with Gasteiger partial charge >= 0.3 is 11.9 Å². The number of allylic oxidation sites excluding steroid dienone is 1. The fourth-order valence-corrected chi connectivity index (χ4v) is 1.30. The summed E-state index contributed by atoms with van der Waals surface area (Å²) < 4.78 is 35.5. The van der Waals surface area contributed by atoms with Crippen LogP contribution in [0.4, 0.5) is 8.78 Å². The van der Waals surface area contributed by atoms with E-state index in [2.05, 4.69) is 11.3 Å². The van der Waals surface area contributed by atoms with E-state index in [-0.39, 0.29) is 0 Å². The normalized spacial score (nSPS) is 14.8. The first kappa shape index (κ1) is 16.5. The predicted octanol–water partition coefficient (Wildman–Crippen LogP) is 2.33. The summed E-state index contributed by atoms with van der Waals surface area (Å²) in [5.41, 5.74) is -3.63. The lowest BCUT2D eigenvalue weighted by Crippen LogP contribution is -2.49. The summed E-state index contributed by atoms with van der Waals surface area (Å²) in [6.07, 6.45) is -2.73. The predicted molar refractivity (Wildman–Crippen MR) is 61.1 cm³/mol. The third-order valence-electron chi connectivity index (χ3n) is 2.15. The highest BCUT2D eigenvalue weighted by Gasteiger charge is 2.56. The molecule has 18 heavy (non-hydrogen) atoms. The molecule has 0 aliphatic carbocycles. The molecule has 1 unspecified atom stereocenters. The van der Waals surface area contributed by atoms with Crippen molar-refractivity contribution in [3.8, 4) is 0 Å². The Bertz CT molecular complexity index is 333. The van der Waals surface area contributed by atoms with Crippen LogP contribution >= 0.6 is 0 Å². The van der Waals surface area contributed by atoms with Crippen LogP contribution in [0.25, 0.3) is 0 Å². The first-order valence-electron chi connectivity index (χ1n) is 5.32. The Morgan fingerprint density at radius 2 is 1.78 bits per heavy atom. The Balaban J connectivity index is 5.49. The summed E-state index contributed by atoms with van der Waals surface area (Å²) in [6.45, 7) is 7.84. The molecule has 0 fully saturated rings. The zero-order valence-electron chi connectivity index (χ0n) is 11.0. The van der Waals surface area contributed by atoms with Crippen molar-refractivity contribution in [3.05, 3.63) is 12.7 Å². The quantitative estimate of drug-likeness (QED) is 0.434. The molecule has 0 N–H and O–H groups in total. The van der Waals surface area contributed by atoms with Gasteiger partial charge in [-0.1, -0.05) is 6.08 Å². The number of hydrogen-bond donors (Lipinski definition) is 0. The summed E-state index contributed by atoms with van der Waals surface area (Å²) in [6, 6.07) is 0. The number of esters is 2. The van der Waals surface area contributed by atoms with Crippen molar-refractivity contribution in [1.82, 2.24) is 0 Å². The molecule has 0 rings (SSSR count). The molecular weight excluding hydrogens is 246 g/mol. The molecule has 0 aliphatic heterocycles. The number of methoxy groups -OCH3 is 1. The van der Waals surface area contributed by atoms with Crippen molar-refractivity contribution in [2.75, 3.05) is 7.11 Å². The van der Waals surface area contributed by atoms with Crippen LogP contribution < -0.4 is 0 Å². The minimum absolute atomic E-state index is 0.549. The second kappa shape index (κ2) is 5.93. The zero-order valence-corrected chi connectivity index (χ0v) is 11.0. The maximum Gasteiger partial charge on any atom is 0.330 e. The van der Waals surface area contributed by atoms with Gasteiger partial charge < -0.3 is 9.47 Å². The second-order valence-corrected chi connectivity index (χ2v) is 4.76. The highest BCUT2D eigenvalue weighted by atomic mass is 19.3. The third kappa shape index (κ3) is 3.51. The van der Waals surface area contributed by atoms with Gasteiger partial charge in [-0.3, -0.25) is 9.59 Å². The van der Waals surface area contributed by atoms with Crippen LogP contribution in [-0.2, 0) is 19.1 Å². The van der Waals surface area contributed by atoms with Crippen LogP contribution in [0.2, 0.25) is 0 Å². The number of rotatable bonds is 5. The van der Waals surface area contributed by atoms with E-state index >= 15 is 0 Å². The largest absolute Gasteiger partial charge is 0.468 e. The van der Waals surface area contributed by atoms with E-state index in [4.69, 9.17) is 4.74 Å². The average molecular weight is 264 g/mol. The number of alkyl halides is 2. The molecule has 6 heteroatoms. The van der Waals surface area contributed by atoms with Crippen LogP contribution in [0, 0.1) is 5.41 Å². The highest BCUT2D eigenvalue weighted by molar-refractivity contribution is 6.01. The molecule has 0 saturated carbocycles. The van der Waals surface area contributed by atoms with Crippen molar-refractivity contribution in [2.24, 2.45) is 5.41 Å². The lowest BCUT2D eigenvalue weighted by atomic mass is 9.84. The van der Waals surface area contributed by atoms with Gasteiger partial charge in [0.25, 0.3) is 6.43 Å². The average Bonchev–Trinajstić information content (AvgIpc) is 2.21. The van der Waals surface area contributed by atoms with Crippen LogP contribution in [0.5, 0.6) is 0 Å². The molecule has 0 radical (unpaired) electrons. The molecule has 0 aromatic heterocycles. The zero-order chi connectivity index (χ0) is 14.6. The molecule has 0 saturated heterocycles. The van der Waals surface area contributed by atoms with E-state index in [1.807, 2.05) is 0 Å². The fraction of sp³-hybridized carbons (Fsp3) is 0.667. The van der Waals surface area contributed by atoms with Crippen LogP contribution in [0.1, 0.15) is 27.2 Å².